The van der Waals surface area contributed by atoms with E-state index in [1.54, 1.807) is 7.11 Å². The molecule has 27 heavy (non-hydrogen) atoms. The number of fused-ring (bicyclic) bond motifs is 1. The number of rotatable bonds is 5. The number of nitrogens with zero attached hydrogens (tertiary/aromatic N) is 3. The Balaban J connectivity index is 1.66. The maximum Gasteiger partial charge on any atom is 0.195 e. The number of hydrogen-bond donors (Lipinski definition) is 3. The number of aromatic nitrogens is 2. The van der Waals surface area contributed by atoms with Crippen LogP contribution >= 0.6 is 0 Å². The molecular weight excluding hydrogens is 340 g/mol. The molecule has 3 N–H and O–H groups in total. The first kappa shape index (κ1) is 17.0. The Morgan fingerprint density at radius 3 is 2.81 bits per heavy atom. The molecule has 1 aliphatic rings. The second-order valence-corrected chi connectivity index (χ2v) is 6.29. The number of ether oxygens (including phenoxy) is 1. The lowest BCUT2D eigenvalue weighted by molar-refractivity contribution is 0.412. The zero-order chi connectivity index (χ0) is 18.8. The summed E-state index contributed by atoms with van der Waals surface area (Å²) >= 11 is 0. The van der Waals surface area contributed by atoms with E-state index in [-0.39, 0.29) is 6.29 Å². The van der Waals surface area contributed by atoms with Gasteiger partial charge in [0.05, 0.1) is 12.6 Å². The van der Waals surface area contributed by atoms with Gasteiger partial charge in [-0.2, -0.15) is 5.10 Å². The van der Waals surface area contributed by atoms with Crippen molar-refractivity contribution in [2.24, 2.45) is 4.99 Å². The zero-order valence-electron chi connectivity index (χ0n) is 15.5. The van der Waals surface area contributed by atoms with Gasteiger partial charge in [-0.15, -0.1) is 0 Å². The summed E-state index contributed by atoms with van der Waals surface area (Å²) in [5.41, 5.74) is 3.66. The van der Waals surface area contributed by atoms with Crippen LogP contribution in [0.4, 0.5) is 5.69 Å². The van der Waals surface area contributed by atoms with Crippen molar-refractivity contribution in [3.05, 3.63) is 60.6 Å². The molecular formula is C20H22N6O. The molecule has 1 aliphatic heterocycles. The van der Waals surface area contributed by atoms with E-state index < -0.39 is 0 Å². The molecule has 7 nitrogen and oxygen atoms in total. The summed E-state index contributed by atoms with van der Waals surface area (Å²) in [5, 5.41) is 15.5. The minimum Gasteiger partial charge on any atom is -0.494 e. The quantitative estimate of drug-likeness (QED) is 0.651. The highest BCUT2D eigenvalue weighted by molar-refractivity contribution is 5.94. The number of hydrogen-bond acceptors (Lipinski definition) is 6. The third-order valence-electron chi connectivity index (χ3n) is 4.39. The first-order valence-corrected chi connectivity index (χ1v) is 8.76. The van der Waals surface area contributed by atoms with E-state index in [1.165, 1.54) is 0 Å². The number of methoxy groups -OCH3 is 1. The van der Waals surface area contributed by atoms with Gasteiger partial charge in [0.2, 0.25) is 0 Å². The molecule has 0 bridgehead atoms. The van der Waals surface area contributed by atoms with Gasteiger partial charge < -0.3 is 20.7 Å². The zero-order valence-corrected chi connectivity index (χ0v) is 15.5. The molecule has 0 amide bonds. The van der Waals surface area contributed by atoms with Crippen LogP contribution in [0.5, 0.6) is 5.75 Å². The predicted octanol–water partition coefficient (Wildman–Crippen LogP) is 2.85. The molecule has 7 heteroatoms. The van der Waals surface area contributed by atoms with Gasteiger partial charge in [-0.25, -0.2) is 9.67 Å². The third kappa shape index (κ3) is 3.44. The molecule has 4 rings (SSSR count). The van der Waals surface area contributed by atoms with Gasteiger partial charge in [-0.1, -0.05) is 18.2 Å². The van der Waals surface area contributed by atoms with Gasteiger partial charge in [0.25, 0.3) is 0 Å². The first-order chi connectivity index (χ1) is 13.2. The highest BCUT2D eigenvalue weighted by Crippen LogP contribution is 2.28. The summed E-state index contributed by atoms with van der Waals surface area (Å²) in [7, 11) is 3.54. The number of benzene rings is 2. The van der Waals surface area contributed by atoms with Crippen LogP contribution in [0, 0.1) is 0 Å². The summed E-state index contributed by atoms with van der Waals surface area (Å²) in [6, 6.07) is 13.9. The molecule has 1 atom stereocenters. The van der Waals surface area contributed by atoms with E-state index in [1.807, 2.05) is 73.4 Å². The Bertz CT molecular complexity index is 1000. The molecule has 0 radical (unpaired) electrons. The molecule has 0 aliphatic carbocycles. The summed E-state index contributed by atoms with van der Waals surface area (Å²) < 4.78 is 7.39. The van der Waals surface area contributed by atoms with E-state index >= 15 is 0 Å². The van der Waals surface area contributed by atoms with Gasteiger partial charge in [0, 0.05) is 30.0 Å². The van der Waals surface area contributed by atoms with Crippen molar-refractivity contribution in [3.63, 3.8) is 0 Å². The van der Waals surface area contributed by atoms with Crippen LogP contribution in [0.15, 0.2) is 65.6 Å². The Morgan fingerprint density at radius 2 is 2.04 bits per heavy atom. The van der Waals surface area contributed by atoms with Crippen LogP contribution < -0.4 is 20.7 Å². The van der Waals surface area contributed by atoms with Gasteiger partial charge in [-0.3, -0.25) is 0 Å². The standard InChI is InChI=1S/C20H22N6O/c1-13-10-19(21-2)24-20(22-13)23-15-8-9-18(27-3)17(11-15)26-12-14-6-4-5-7-16(14)25-26/h4-12,20-21,23-24H,1-3H3. The summed E-state index contributed by atoms with van der Waals surface area (Å²) in [4.78, 5) is 4.58. The Hall–Kier alpha value is -3.48. The van der Waals surface area contributed by atoms with Gasteiger partial charge in [0.15, 0.2) is 6.29 Å². The minimum absolute atomic E-state index is 0.254. The summed E-state index contributed by atoms with van der Waals surface area (Å²) in [6.07, 6.45) is 3.71. The fourth-order valence-corrected chi connectivity index (χ4v) is 3.09. The van der Waals surface area contributed by atoms with E-state index in [2.05, 4.69) is 26.0 Å². The van der Waals surface area contributed by atoms with Crippen LogP contribution in [-0.2, 0) is 0 Å². The normalized spacial score (nSPS) is 16.3. The van der Waals surface area contributed by atoms with Crippen molar-refractivity contribution >= 4 is 22.3 Å². The molecule has 3 aromatic rings. The van der Waals surface area contributed by atoms with Crippen LogP contribution in [0.2, 0.25) is 0 Å². The number of nitrogens with one attached hydrogen (secondary N) is 3. The average molecular weight is 362 g/mol. The molecule has 0 saturated heterocycles. The smallest absolute Gasteiger partial charge is 0.195 e. The minimum atomic E-state index is -0.254. The van der Waals surface area contributed by atoms with E-state index in [4.69, 9.17) is 4.74 Å². The van der Waals surface area contributed by atoms with Crippen molar-refractivity contribution in [1.82, 2.24) is 20.4 Å². The van der Waals surface area contributed by atoms with Crippen molar-refractivity contribution < 1.29 is 4.74 Å². The fraction of sp³-hybridized carbons (Fsp3) is 0.200. The Kier molecular flexibility index (Phi) is 4.42. The fourth-order valence-electron chi connectivity index (χ4n) is 3.09. The topological polar surface area (TPSA) is 75.5 Å². The lowest BCUT2D eigenvalue weighted by atomic mass is 10.2. The molecule has 0 saturated carbocycles. The molecule has 2 heterocycles. The number of aliphatic imine (C=N–C) groups is 1. The molecule has 0 fully saturated rings. The van der Waals surface area contributed by atoms with E-state index in [0.29, 0.717) is 0 Å². The van der Waals surface area contributed by atoms with Crippen LogP contribution in [-0.4, -0.2) is 35.9 Å². The van der Waals surface area contributed by atoms with Crippen molar-refractivity contribution in [1.29, 1.82) is 0 Å². The Labute approximate surface area is 157 Å². The van der Waals surface area contributed by atoms with Crippen LogP contribution in [0.3, 0.4) is 0 Å². The summed E-state index contributed by atoms with van der Waals surface area (Å²) in [6.45, 7) is 1.97. The van der Waals surface area contributed by atoms with Gasteiger partial charge in [0.1, 0.15) is 17.3 Å². The van der Waals surface area contributed by atoms with Gasteiger partial charge >= 0.3 is 0 Å². The highest BCUT2D eigenvalue weighted by atomic mass is 16.5. The molecule has 0 spiro atoms. The lowest BCUT2D eigenvalue weighted by Crippen LogP contribution is -2.41. The van der Waals surface area contributed by atoms with Gasteiger partial charge in [-0.05, 0) is 37.3 Å². The second-order valence-electron chi connectivity index (χ2n) is 6.29. The largest absolute Gasteiger partial charge is 0.494 e. The predicted molar refractivity (Wildman–Crippen MR) is 108 cm³/mol. The van der Waals surface area contributed by atoms with Crippen molar-refractivity contribution in [2.45, 2.75) is 13.2 Å². The molecule has 138 valence electrons. The van der Waals surface area contributed by atoms with Crippen LogP contribution in [0.1, 0.15) is 6.92 Å². The van der Waals surface area contributed by atoms with E-state index in [0.717, 1.165) is 39.6 Å². The second kappa shape index (κ2) is 7.03. The van der Waals surface area contributed by atoms with E-state index in [9.17, 15) is 0 Å². The maximum atomic E-state index is 5.54. The Morgan fingerprint density at radius 1 is 1.19 bits per heavy atom. The number of anilines is 1. The van der Waals surface area contributed by atoms with Crippen molar-refractivity contribution in [3.8, 4) is 11.4 Å². The maximum absolute atomic E-state index is 5.54. The first-order valence-electron chi connectivity index (χ1n) is 8.76. The average Bonchev–Trinajstić information content (AvgIpc) is 3.11. The molecule has 1 unspecified atom stereocenters. The number of allylic oxidation sites excluding steroid dienone is 1. The molecule has 2 aromatic carbocycles. The molecule has 1 aromatic heterocycles. The van der Waals surface area contributed by atoms with Crippen LogP contribution in [0.25, 0.3) is 16.6 Å². The summed E-state index contributed by atoms with van der Waals surface area (Å²) in [5.74, 6) is 1.67. The lowest BCUT2D eigenvalue weighted by Gasteiger charge is -2.24. The third-order valence-corrected chi connectivity index (χ3v) is 4.39. The van der Waals surface area contributed by atoms with Crippen molar-refractivity contribution in [2.75, 3.05) is 19.5 Å². The monoisotopic (exact) mass is 362 g/mol. The SMILES string of the molecule is CNC1=CC(C)=NC(Nc2ccc(OC)c(-n3cc4ccccc4n3)c2)N1. The highest BCUT2D eigenvalue weighted by Gasteiger charge is 2.15.